The van der Waals surface area contributed by atoms with Gasteiger partial charge in [-0.15, -0.1) is 0 Å². The topological polar surface area (TPSA) is 39.0 Å². The van der Waals surface area contributed by atoms with Gasteiger partial charge in [-0.3, -0.25) is 4.98 Å². The first-order valence-corrected chi connectivity index (χ1v) is 4.58. The molecule has 13 heavy (non-hydrogen) atoms. The lowest BCUT2D eigenvalue weighted by Crippen LogP contribution is -2.17. The van der Waals surface area contributed by atoms with Crippen LogP contribution in [0.4, 0.5) is 0 Å². The number of pyridine rings is 1. The third-order valence-corrected chi connectivity index (χ3v) is 1.81. The minimum atomic E-state index is 0.923. The van der Waals surface area contributed by atoms with Crippen molar-refractivity contribution in [1.29, 1.82) is 0 Å². The van der Waals surface area contributed by atoms with E-state index in [9.17, 15) is 0 Å². The summed E-state index contributed by atoms with van der Waals surface area (Å²) in [4.78, 5) is 3.96. The second kappa shape index (κ2) is 6.57. The Bertz CT molecular complexity index is 211. The molecule has 1 radical (unpaired) electrons. The van der Waals surface area contributed by atoms with Gasteiger partial charge >= 0.3 is 0 Å². The molecular weight excluding hydrogens is 162 g/mol. The summed E-state index contributed by atoms with van der Waals surface area (Å²) in [7, 11) is 1.85. The number of hydrogen-bond donors (Lipinski definition) is 1. The fraction of sp³-hybridized carbons (Fsp3) is 0.500. The van der Waals surface area contributed by atoms with Gasteiger partial charge in [-0.2, -0.15) is 0 Å². The Morgan fingerprint density at radius 3 is 2.85 bits per heavy atom. The van der Waals surface area contributed by atoms with Gasteiger partial charge in [0.2, 0.25) is 0 Å². The van der Waals surface area contributed by atoms with Crippen LogP contribution in [0, 0.1) is 0 Å². The van der Waals surface area contributed by atoms with Crippen molar-refractivity contribution in [2.24, 2.45) is 0 Å². The quantitative estimate of drug-likeness (QED) is 0.654. The molecule has 1 N–H and O–H groups in total. The molecule has 71 valence electrons. The Balaban J connectivity index is 2.07. The monoisotopic (exact) mass is 178 g/mol. The molecule has 0 aromatic carbocycles. The molecule has 0 aliphatic heterocycles. The van der Waals surface area contributed by atoms with Crippen LogP contribution in [0.15, 0.2) is 24.5 Å². The van der Waals surface area contributed by atoms with Gasteiger partial charge in [0.05, 0.1) is 0 Å². The van der Waals surface area contributed by atoms with Crippen LogP contribution >= 0.6 is 0 Å². The van der Waals surface area contributed by atoms with E-state index in [2.05, 4.69) is 15.6 Å². The number of nitrogens with one attached hydrogen (secondary N) is 1. The molecule has 0 fully saturated rings. The highest BCUT2D eigenvalue weighted by Gasteiger charge is 1.90. The van der Waals surface area contributed by atoms with Gasteiger partial charge < -0.3 is 5.32 Å². The highest BCUT2D eigenvalue weighted by atomic mass is 14.9. The number of hydrogen-bond acceptors (Lipinski definition) is 2. The van der Waals surface area contributed by atoms with Crippen LogP contribution in [-0.2, 0) is 6.54 Å². The van der Waals surface area contributed by atoms with Crippen molar-refractivity contribution in [3.05, 3.63) is 30.1 Å². The summed E-state index contributed by atoms with van der Waals surface area (Å²) in [6.07, 6.45) is 4.75. The highest BCUT2D eigenvalue weighted by Crippen LogP contribution is 1.94. The summed E-state index contributed by atoms with van der Waals surface area (Å²) in [5.41, 5.74) is 1.28. The van der Waals surface area contributed by atoms with Crippen LogP contribution in [0.3, 0.4) is 0 Å². The predicted molar refractivity (Wildman–Crippen MR) is 53.5 cm³/mol. The summed E-state index contributed by atoms with van der Waals surface area (Å²) < 4.78 is 0. The van der Waals surface area contributed by atoms with Gasteiger partial charge in [0.15, 0.2) is 0 Å². The van der Waals surface area contributed by atoms with Crippen molar-refractivity contribution in [2.45, 2.75) is 13.0 Å². The molecule has 3 heteroatoms. The maximum absolute atomic E-state index is 4.03. The van der Waals surface area contributed by atoms with Crippen LogP contribution in [-0.4, -0.2) is 25.1 Å². The molecule has 0 atom stereocenters. The molecule has 0 spiro atoms. The molecule has 0 bridgehead atoms. The SMILES string of the molecule is C[N]CCCNCc1ccncc1. The van der Waals surface area contributed by atoms with Crippen LogP contribution in [0.1, 0.15) is 12.0 Å². The minimum Gasteiger partial charge on any atom is -0.313 e. The fourth-order valence-corrected chi connectivity index (χ4v) is 1.10. The van der Waals surface area contributed by atoms with E-state index in [1.165, 1.54) is 5.56 Å². The Morgan fingerprint density at radius 2 is 2.15 bits per heavy atom. The van der Waals surface area contributed by atoms with Gasteiger partial charge in [-0.1, -0.05) is 0 Å². The smallest absolute Gasteiger partial charge is 0.0271 e. The molecule has 1 aromatic heterocycles. The summed E-state index contributed by atoms with van der Waals surface area (Å²) in [5.74, 6) is 0. The molecule has 0 saturated heterocycles. The first kappa shape index (κ1) is 10.2. The zero-order valence-corrected chi connectivity index (χ0v) is 8.03. The summed E-state index contributed by atoms with van der Waals surface area (Å²) in [6.45, 7) is 2.90. The Morgan fingerprint density at radius 1 is 1.38 bits per heavy atom. The molecule has 0 amide bonds. The molecule has 0 aliphatic carbocycles. The summed E-state index contributed by atoms with van der Waals surface area (Å²) >= 11 is 0. The molecule has 0 unspecified atom stereocenters. The zero-order chi connectivity index (χ0) is 9.36. The minimum absolute atomic E-state index is 0.923. The van der Waals surface area contributed by atoms with E-state index < -0.39 is 0 Å². The average molecular weight is 178 g/mol. The van der Waals surface area contributed by atoms with Crippen LogP contribution < -0.4 is 10.6 Å². The van der Waals surface area contributed by atoms with Crippen molar-refractivity contribution in [1.82, 2.24) is 15.6 Å². The molecule has 1 rings (SSSR count). The maximum Gasteiger partial charge on any atom is 0.0271 e. The third-order valence-electron chi connectivity index (χ3n) is 1.81. The number of nitrogens with zero attached hydrogens (tertiary/aromatic N) is 2. The predicted octanol–water partition coefficient (Wildman–Crippen LogP) is 0.795. The van der Waals surface area contributed by atoms with E-state index in [0.717, 1.165) is 26.1 Å². The van der Waals surface area contributed by atoms with E-state index in [0.29, 0.717) is 0 Å². The van der Waals surface area contributed by atoms with Crippen molar-refractivity contribution in [3.63, 3.8) is 0 Å². The van der Waals surface area contributed by atoms with Gasteiger partial charge in [-0.05, 0) is 30.7 Å². The second-order valence-electron chi connectivity index (χ2n) is 2.93. The van der Waals surface area contributed by atoms with Crippen molar-refractivity contribution in [2.75, 3.05) is 20.1 Å². The third kappa shape index (κ3) is 4.60. The Hall–Kier alpha value is -0.930. The van der Waals surface area contributed by atoms with Crippen LogP contribution in [0.2, 0.25) is 0 Å². The Labute approximate surface area is 79.6 Å². The van der Waals surface area contributed by atoms with E-state index in [4.69, 9.17) is 0 Å². The van der Waals surface area contributed by atoms with Gasteiger partial charge in [0.1, 0.15) is 0 Å². The molecule has 1 aromatic rings. The van der Waals surface area contributed by atoms with E-state index >= 15 is 0 Å². The maximum atomic E-state index is 4.03. The van der Waals surface area contributed by atoms with Crippen LogP contribution in [0.5, 0.6) is 0 Å². The largest absolute Gasteiger partial charge is 0.313 e. The second-order valence-corrected chi connectivity index (χ2v) is 2.93. The lowest BCUT2D eigenvalue weighted by molar-refractivity contribution is 0.621. The lowest BCUT2D eigenvalue weighted by atomic mass is 10.2. The van der Waals surface area contributed by atoms with Crippen molar-refractivity contribution in [3.8, 4) is 0 Å². The van der Waals surface area contributed by atoms with Crippen LogP contribution in [0.25, 0.3) is 0 Å². The first-order valence-electron chi connectivity index (χ1n) is 4.58. The molecule has 0 aliphatic rings. The van der Waals surface area contributed by atoms with E-state index in [1.54, 1.807) is 0 Å². The standard InChI is InChI=1S/C10H16N3/c1-11-5-2-6-13-9-10-3-7-12-8-4-10/h3-4,7-8,13H,2,5-6,9H2,1H3. The van der Waals surface area contributed by atoms with Gasteiger partial charge in [0, 0.05) is 32.5 Å². The van der Waals surface area contributed by atoms with E-state index in [-0.39, 0.29) is 0 Å². The lowest BCUT2D eigenvalue weighted by Gasteiger charge is -2.03. The first-order chi connectivity index (χ1) is 6.43. The number of rotatable bonds is 6. The summed E-state index contributed by atoms with van der Waals surface area (Å²) in [5, 5.41) is 7.38. The normalized spacial score (nSPS) is 10.2. The molecule has 3 nitrogen and oxygen atoms in total. The van der Waals surface area contributed by atoms with Crippen molar-refractivity contribution >= 4 is 0 Å². The zero-order valence-electron chi connectivity index (χ0n) is 8.03. The van der Waals surface area contributed by atoms with Gasteiger partial charge in [0.25, 0.3) is 0 Å². The average Bonchev–Trinajstić information content (AvgIpc) is 2.19. The van der Waals surface area contributed by atoms with E-state index in [1.807, 2.05) is 31.6 Å². The molecular formula is C10H16N3. The highest BCUT2D eigenvalue weighted by molar-refractivity contribution is 5.08. The number of aromatic nitrogens is 1. The molecule has 1 heterocycles. The van der Waals surface area contributed by atoms with Crippen molar-refractivity contribution < 1.29 is 0 Å². The summed E-state index contributed by atoms with van der Waals surface area (Å²) in [6, 6.07) is 4.05. The Kier molecular flexibility index (Phi) is 5.13. The fourth-order valence-electron chi connectivity index (χ4n) is 1.10. The molecule has 0 saturated carbocycles. The van der Waals surface area contributed by atoms with Gasteiger partial charge in [-0.25, -0.2) is 5.32 Å².